The first-order valence-electron chi connectivity index (χ1n) is 7.19. The van der Waals surface area contributed by atoms with Gasteiger partial charge in [0.2, 0.25) is 0 Å². The van der Waals surface area contributed by atoms with Gasteiger partial charge in [0.1, 0.15) is 0 Å². The molecule has 2 aliphatic carbocycles. The molecular formula is C15H20N2O2. The van der Waals surface area contributed by atoms with Gasteiger partial charge in [-0.2, -0.15) is 0 Å². The lowest BCUT2D eigenvalue weighted by atomic mass is 9.95. The molecule has 1 N–H and O–H groups in total. The van der Waals surface area contributed by atoms with Gasteiger partial charge in [-0.3, -0.25) is 10.1 Å². The average Bonchev–Trinajstić information content (AvgIpc) is 3.02. The molecule has 1 aromatic carbocycles. The van der Waals surface area contributed by atoms with Gasteiger partial charge in [-0.05, 0) is 49.6 Å². The van der Waals surface area contributed by atoms with Gasteiger partial charge < -0.3 is 5.32 Å². The zero-order valence-electron chi connectivity index (χ0n) is 11.0. The van der Waals surface area contributed by atoms with Gasteiger partial charge >= 0.3 is 0 Å². The topological polar surface area (TPSA) is 55.2 Å². The molecule has 102 valence electrons. The average molecular weight is 260 g/mol. The maximum absolute atomic E-state index is 10.6. The Morgan fingerprint density at radius 2 is 2.00 bits per heavy atom. The molecule has 1 aromatic rings. The van der Waals surface area contributed by atoms with Gasteiger partial charge in [-0.25, -0.2) is 0 Å². The minimum atomic E-state index is -0.350. The first-order valence-corrected chi connectivity index (χ1v) is 7.19. The van der Waals surface area contributed by atoms with Crippen LogP contribution in [0.5, 0.6) is 0 Å². The molecule has 0 saturated heterocycles. The van der Waals surface area contributed by atoms with Crippen molar-refractivity contribution in [1.29, 1.82) is 0 Å². The van der Waals surface area contributed by atoms with Crippen LogP contribution in [0.15, 0.2) is 24.3 Å². The number of hydrogen-bond donors (Lipinski definition) is 1. The van der Waals surface area contributed by atoms with Crippen LogP contribution in [-0.4, -0.2) is 17.5 Å². The molecule has 19 heavy (non-hydrogen) atoms. The number of hydrogen-bond acceptors (Lipinski definition) is 3. The predicted octanol–water partition coefficient (Wildman–Crippen LogP) is 2.92. The molecule has 0 aliphatic heterocycles. The van der Waals surface area contributed by atoms with E-state index in [9.17, 15) is 10.1 Å². The summed E-state index contributed by atoms with van der Waals surface area (Å²) in [5.41, 5.74) is 1.34. The zero-order valence-corrected chi connectivity index (χ0v) is 11.0. The molecule has 4 nitrogen and oxygen atoms in total. The summed E-state index contributed by atoms with van der Waals surface area (Å²) < 4.78 is 0. The summed E-state index contributed by atoms with van der Waals surface area (Å²) in [6.07, 6.45) is 6.57. The largest absolute Gasteiger partial charge is 0.313 e. The summed E-state index contributed by atoms with van der Waals surface area (Å²) in [6.45, 7) is 0.978. The van der Waals surface area contributed by atoms with Gasteiger partial charge in [0.05, 0.1) is 4.92 Å². The summed E-state index contributed by atoms with van der Waals surface area (Å²) >= 11 is 0. The Morgan fingerprint density at radius 1 is 1.21 bits per heavy atom. The van der Waals surface area contributed by atoms with Crippen LogP contribution < -0.4 is 5.32 Å². The number of nitro groups is 1. The third-order valence-corrected chi connectivity index (χ3v) is 4.71. The third-order valence-electron chi connectivity index (χ3n) is 4.71. The number of nitrogens with zero attached hydrogens (tertiary/aromatic N) is 1. The van der Waals surface area contributed by atoms with E-state index in [1.165, 1.54) is 31.2 Å². The van der Waals surface area contributed by atoms with Gasteiger partial charge in [0, 0.05) is 18.2 Å². The zero-order chi connectivity index (χ0) is 13.2. The van der Waals surface area contributed by atoms with Crippen LogP contribution in [0, 0.1) is 22.0 Å². The summed E-state index contributed by atoms with van der Waals surface area (Å²) in [6, 6.07) is 7.62. The first-order chi connectivity index (χ1) is 9.22. The third kappa shape index (κ3) is 2.78. The van der Waals surface area contributed by atoms with Crippen molar-refractivity contribution in [3.63, 3.8) is 0 Å². The Kier molecular flexibility index (Phi) is 3.51. The highest BCUT2D eigenvalue weighted by Crippen LogP contribution is 2.44. The van der Waals surface area contributed by atoms with E-state index in [0.717, 1.165) is 30.8 Å². The molecule has 2 bridgehead atoms. The molecule has 0 aromatic heterocycles. The van der Waals surface area contributed by atoms with E-state index in [-0.39, 0.29) is 10.6 Å². The summed E-state index contributed by atoms with van der Waals surface area (Å²) in [7, 11) is 0. The van der Waals surface area contributed by atoms with Crippen molar-refractivity contribution in [2.24, 2.45) is 11.8 Å². The summed E-state index contributed by atoms with van der Waals surface area (Å²) in [4.78, 5) is 10.2. The van der Waals surface area contributed by atoms with Crippen molar-refractivity contribution in [3.8, 4) is 0 Å². The molecule has 0 amide bonds. The Hall–Kier alpha value is -1.42. The number of non-ortho nitro benzene ring substituents is 1. The smallest absolute Gasteiger partial charge is 0.269 e. The predicted molar refractivity (Wildman–Crippen MR) is 74.0 cm³/mol. The molecule has 2 saturated carbocycles. The van der Waals surface area contributed by atoms with Crippen LogP contribution in [0.1, 0.15) is 31.2 Å². The Labute approximate surface area is 113 Å². The van der Waals surface area contributed by atoms with E-state index >= 15 is 0 Å². The Morgan fingerprint density at radius 3 is 2.58 bits per heavy atom. The Balaban J connectivity index is 1.46. The quantitative estimate of drug-likeness (QED) is 0.654. The van der Waals surface area contributed by atoms with Gasteiger partial charge in [-0.1, -0.05) is 18.6 Å². The molecule has 3 rings (SSSR count). The van der Waals surface area contributed by atoms with Crippen molar-refractivity contribution < 1.29 is 4.92 Å². The van der Waals surface area contributed by atoms with Gasteiger partial charge in [0.15, 0.2) is 0 Å². The maximum atomic E-state index is 10.6. The highest BCUT2D eigenvalue weighted by atomic mass is 16.6. The number of benzene rings is 1. The number of nitro benzene ring substituents is 1. The molecule has 2 aliphatic rings. The number of rotatable bonds is 5. The van der Waals surface area contributed by atoms with Crippen LogP contribution in [0.4, 0.5) is 5.69 Å². The molecule has 0 unspecified atom stereocenters. The molecular weight excluding hydrogens is 240 g/mol. The number of nitrogens with one attached hydrogen (secondary N) is 1. The fourth-order valence-corrected chi connectivity index (χ4v) is 3.68. The summed E-state index contributed by atoms with van der Waals surface area (Å²) in [5.74, 6) is 1.88. The van der Waals surface area contributed by atoms with E-state index < -0.39 is 0 Å². The van der Waals surface area contributed by atoms with Crippen LogP contribution in [-0.2, 0) is 6.42 Å². The van der Waals surface area contributed by atoms with Crippen LogP contribution in [0.3, 0.4) is 0 Å². The van der Waals surface area contributed by atoms with Crippen molar-refractivity contribution in [2.45, 2.75) is 38.1 Å². The van der Waals surface area contributed by atoms with Crippen molar-refractivity contribution in [1.82, 2.24) is 5.32 Å². The van der Waals surface area contributed by atoms with E-state index in [0.29, 0.717) is 0 Å². The Bertz CT molecular complexity index is 458. The lowest BCUT2D eigenvalue weighted by Crippen LogP contribution is -2.35. The minimum Gasteiger partial charge on any atom is -0.313 e. The van der Waals surface area contributed by atoms with E-state index in [1.54, 1.807) is 12.1 Å². The highest BCUT2D eigenvalue weighted by molar-refractivity contribution is 5.32. The molecule has 3 atom stereocenters. The second-order valence-electron chi connectivity index (χ2n) is 5.91. The van der Waals surface area contributed by atoms with Crippen LogP contribution in [0.2, 0.25) is 0 Å². The van der Waals surface area contributed by atoms with Gasteiger partial charge in [0.25, 0.3) is 5.69 Å². The van der Waals surface area contributed by atoms with Gasteiger partial charge in [-0.15, -0.1) is 0 Å². The van der Waals surface area contributed by atoms with E-state index in [1.807, 2.05) is 12.1 Å². The fourth-order valence-electron chi connectivity index (χ4n) is 3.68. The lowest BCUT2D eigenvalue weighted by molar-refractivity contribution is -0.384. The van der Waals surface area contributed by atoms with Crippen molar-refractivity contribution in [3.05, 3.63) is 39.9 Å². The van der Waals surface area contributed by atoms with E-state index in [2.05, 4.69) is 5.32 Å². The maximum Gasteiger partial charge on any atom is 0.269 e. The molecule has 0 spiro atoms. The van der Waals surface area contributed by atoms with E-state index in [4.69, 9.17) is 0 Å². The SMILES string of the molecule is O=[N+]([O-])c1ccc(CCN[C@H]2C[C@H]3CC[C@@H]2C3)cc1. The molecule has 0 heterocycles. The monoisotopic (exact) mass is 260 g/mol. The first kappa shape index (κ1) is 12.6. The second kappa shape index (κ2) is 5.29. The standard InChI is InChI=1S/C15H20N2O2/c18-17(19)14-5-2-11(3-6-14)7-8-16-15-10-12-1-4-13(15)9-12/h2-3,5-6,12-13,15-16H,1,4,7-10H2/t12-,13+,15-/m0/s1. The van der Waals surface area contributed by atoms with Crippen molar-refractivity contribution >= 4 is 5.69 Å². The minimum absolute atomic E-state index is 0.171. The van der Waals surface area contributed by atoms with Crippen LogP contribution >= 0.6 is 0 Å². The second-order valence-corrected chi connectivity index (χ2v) is 5.91. The molecule has 0 radical (unpaired) electrons. The lowest BCUT2D eigenvalue weighted by Gasteiger charge is -2.22. The molecule has 2 fully saturated rings. The summed E-state index contributed by atoms with van der Waals surface area (Å²) in [5, 5.41) is 14.2. The number of fused-ring (bicyclic) bond motifs is 2. The molecule has 4 heteroatoms. The van der Waals surface area contributed by atoms with Crippen LogP contribution in [0.25, 0.3) is 0 Å². The highest BCUT2D eigenvalue weighted by Gasteiger charge is 2.38. The fraction of sp³-hybridized carbons (Fsp3) is 0.600. The normalized spacial score (nSPS) is 28.7. The van der Waals surface area contributed by atoms with Crippen molar-refractivity contribution in [2.75, 3.05) is 6.54 Å².